The van der Waals surface area contributed by atoms with Crippen molar-refractivity contribution in [1.29, 1.82) is 0 Å². The summed E-state index contributed by atoms with van der Waals surface area (Å²) in [4.78, 5) is 0. The second-order valence-electron chi connectivity index (χ2n) is 4.74. The van der Waals surface area contributed by atoms with Crippen LogP contribution in [0.2, 0.25) is 0 Å². The van der Waals surface area contributed by atoms with Crippen LogP contribution in [-0.2, 0) is 6.42 Å². The van der Waals surface area contributed by atoms with Gasteiger partial charge in [0.1, 0.15) is 0 Å². The van der Waals surface area contributed by atoms with Crippen LogP contribution in [0.3, 0.4) is 0 Å². The van der Waals surface area contributed by atoms with Crippen molar-refractivity contribution in [3.63, 3.8) is 0 Å². The Balaban J connectivity index is 1.94. The molecule has 0 amide bonds. The molecule has 2 aromatic carbocycles. The fourth-order valence-electron chi connectivity index (χ4n) is 2.15. The van der Waals surface area contributed by atoms with E-state index in [0.29, 0.717) is 0 Å². The van der Waals surface area contributed by atoms with E-state index < -0.39 is 0 Å². The first kappa shape index (κ1) is 12.5. The molecular weight excluding hydrogens is 220 g/mol. The van der Waals surface area contributed by atoms with Crippen LogP contribution in [0.4, 0.5) is 11.4 Å². The number of hydrogen-bond donors (Lipinski definition) is 2. The van der Waals surface area contributed by atoms with Crippen LogP contribution in [-0.4, -0.2) is 6.54 Å². The molecule has 0 aliphatic heterocycles. The van der Waals surface area contributed by atoms with E-state index in [1.54, 1.807) is 0 Å². The van der Waals surface area contributed by atoms with Gasteiger partial charge in [-0.3, -0.25) is 0 Å². The molecule has 0 fully saturated rings. The molecular formula is C16H20N2. The number of hydrogen-bond acceptors (Lipinski definition) is 2. The fraction of sp³-hybridized carbons (Fsp3) is 0.250. The minimum atomic E-state index is 0.813. The Labute approximate surface area is 109 Å². The largest absolute Gasteiger partial charge is 0.399 e. The number of anilines is 2. The van der Waals surface area contributed by atoms with Crippen LogP contribution >= 0.6 is 0 Å². The fourth-order valence-corrected chi connectivity index (χ4v) is 2.15. The van der Waals surface area contributed by atoms with E-state index >= 15 is 0 Å². The zero-order valence-electron chi connectivity index (χ0n) is 11.0. The van der Waals surface area contributed by atoms with Gasteiger partial charge in [0.05, 0.1) is 0 Å². The molecule has 3 N–H and O–H groups in total. The smallest absolute Gasteiger partial charge is 0.0363 e. The lowest BCUT2D eigenvalue weighted by Gasteiger charge is -2.10. The molecule has 0 atom stereocenters. The summed E-state index contributed by atoms with van der Waals surface area (Å²) in [5, 5.41) is 3.42. The molecule has 2 heteroatoms. The van der Waals surface area contributed by atoms with Gasteiger partial charge in [-0.2, -0.15) is 0 Å². The van der Waals surface area contributed by atoms with Crippen LogP contribution in [0.1, 0.15) is 16.7 Å². The van der Waals surface area contributed by atoms with Gasteiger partial charge in [0.2, 0.25) is 0 Å². The van der Waals surface area contributed by atoms with Crippen LogP contribution < -0.4 is 11.1 Å². The molecule has 0 aromatic heterocycles. The zero-order chi connectivity index (χ0) is 13.0. The first-order valence-corrected chi connectivity index (χ1v) is 6.31. The monoisotopic (exact) mass is 240 g/mol. The lowest BCUT2D eigenvalue weighted by molar-refractivity contribution is 1.00. The SMILES string of the molecule is Cc1cc(N)cc(NCCc2ccccc2C)c1. The molecule has 0 bridgehead atoms. The highest BCUT2D eigenvalue weighted by atomic mass is 14.9. The van der Waals surface area contributed by atoms with Gasteiger partial charge >= 0.3 is 0 Å². The van der Waals surface area contributed by atoms with Crippen molar-refractivity contribution in [2.45, 2.75) is 20.3 Å². The van der Waals surface area contributed by atoms with E-state index in [2.05, 4.69) is 49.5 Å². The topological polar surface area (TPSA) is 38.0 Å². The lowest BCUT2D eigenvalue weighted by atomic mass is 10.1. The molecule has 0 heterocycles. The molecule has 0 unspecified atom stereocenters. The van der Waals surface area contributed by atoms with E-state index in [9.17, 15) is 0 Å². The van der Waals surface area contributed by atoms with Gasteiger partial charge in [-0.25, -0.2) is 0 Å². The van der Waals surface area contributed by atoms with Crippen LogP contribution in [0.5, 0.6) is 0 Å². The van der Waals surface area contributed by atoms with E-state index in [1.165, 1.54) is 16.7 Å². The molecule has 2 nitrogen and oxygen atoms in total. The first-order valence-electron chi connectivity index (χ1n) is 6.31. The second-order valence-corrected chi connectivity index (χ2v) is 4.74. The number of benzene rings is 2. The summed E-state index contributed by atoms with van der Waals surface area (Å²) in [7, 11) is 0. The van der Waals surface area contributed by atoms with Crippen molar-refractivity contribution in [3.8, 4) is 0 Å². The molecule has 0 radical (unpaired) electrons. The average molecular weight is 240 g/mol. The summed E-state index contributed by atoms with van der Waals surface area (Å²) >= 11 is 0. The molecule has 0 aliphatic carbocycles. The Kier molecular flexibility index (Phi) is 3.88. The minimum absolute atomic E-state index is 0.813. The molecule has 0 aliphatic rings. The predicted octanol–water partition coefficient (Wildman–Crippen LogP) is 3.54. The van der Waals surface area contributed by atoms with Crippen LogP contribution in [0, 0.1) is 13.8 Å². The number of nitrogens with one attached hydrogen (secondary N) is 1. The summed E-state index contributed by atoms with van der Waals surface area (Å²) in [6.07, 6.45) is 1.03. The second kappa shape index (κ2) is 5.58. The van der Waals surface area contributed by atoms with Crippen LogP contribution in [0.15, 0.2) is 42.5 Å². The van der Waals surface area contributed by atoms with Crippen molar-refractivity contribution in [3.05, 3.63) is 59.2 Å². The minimum Gasteiger partial charge on any atom is -0.399 e. The Morgan fingerprint density at radius 2 is 1.83 bits per heavy atom. The van der Waals surface area contributed by atoms with Crippen LogP contribution in [0.25, 0.3) is 0 Å². The average Bonchev–Trinajstić information content (AvgIpc) is 2.30. The third-order valence-electron chi connectivity index (χ3n) is 3.08. The van der Waals surface area contributed by atoms with Gasteiger partial charge in [-0.05, 0) is 55.2 Å². The third kappa shape index (κ3) is 3.27. The number of nitrogen functional groups attached to an aromatic ring is 1. The molecule has 2 rings (SSSR count). The van der Waals surface area contributed by atoms with E-state index in [-0.39, 0.29) is 0 Å². The van der Waals surface area contributed by atoms with Crippen molar-refractivity contribution < 1.29 is 0 Å². The summed E-state index contributed by atoms with van der Waals surface area (Å²) < 4.78 is 0. The van der Waals surface area contributed by atoms with Gasteiger partial charge in [-0.1, -0.05) is 24.3 Å². The maximum Gasteiger partial charge on any atom is 0.0363 e. The standard InChI is InChI=1S/C16H20N2/c1-12-9-15(17)11-16(10-12)18-8-7-14-6-4-3-5-13(14)2/h3-6,9-11,18H,7-8,17H2,1-2H3. The molecule has 0 saturated heterocycles. The highest BCUT2D eigenvalue weighted by Crippen LogP contribution is 2.16. The number of rotatable bonds is 4. The van der Waals surface area contributed by atoms with Crippen molar-refractivity contribution in [2.24, 2.45) is 0 Å². The Bertz CT molecular complexity index is 512. The highest BCUT2D eigenvalue weighted by Gasteiger charge is 1.98. The Morgan fingerprint density at radius 3 is 2.56 bits per heavy atom. The third-order valence-corrected chi connectivity index (χ3v) is 3.08. The van der Waals surface area contributed by atoms with Crippen molar-refractivity contribution >= 4 is 11.4 Å². The highest BCUT2D eigenvalue weighted by molar-refractivity contribution is 5.56. The van der Waals surface area contributed by atoms with Gasteiger partial charge in [0, 0.05) is 17.9 Å². The summed E-state index contributed by atoms with van der Waals surface area (Å²) in [5.74, 6) is 0. The van der Waals surface area contributed by atoms with E-state index in [4.69, 9.17) is 5.73 Å². The quantitative estimate of drug-likeness (QED) is 0.802. The van der Waals surface area contributed by atoms with Gasteiger partial charge < -0.3 is 11.1 Å². The summed E-state index contributed by atoms with van der Waals surface area (Å²) in [6, 6.07) is 14.6. The molecule has 0 spiro atoms. The number of aryl methyl sites for hydroxylation is 2. The zero-order valence-corrected chi connectivity index (χ0v) is 11.0. The maximum absolute atomic E-state index is 5.83. The van der Waals surface area contributed by atoms with E-state index in [0.717, 1.165) is 24.3 Å². The Hall–Kier alpha value is -1.96. The molecule has 18 heavy (non-hydrogen) atoms. The summed E-state index contributed by atoms with van der Waals surface area (Å²) in [5.41, 5.74) is 11.7. The Morgan fingerprint density at radius 1 is 1.06 bits per heavy atom. The lowest BCUT2D eigenvalue weighted by Crippen LogP contribution is -2.06. The summed E-state index contributed by atoms with van der Waals surface area (Å²) in [6.45, 7) is 5.14. The van der Waals surface area contributed by atoms with Gasteiger partial charge in [-0.15, -0.1) is 0 Å². The maximum atomic E-state index is 5.83. The van der Waals surface area contributed by atoms with E-state index in [1.807, 2.05) is 12.1 Å². The predicted molar refractivity (Wildman–Crippen MR) is 79.0 cm³/mol. The van der Waals surface area contributed by atoms with Gasteiger partial charge in [0.25, 0.3) is 0 Å². The normalized spacial score (nSPS) is 10.3. The molecule has 2 aromatic rings. The number of nitrogens with two attached hydrogens (primary N) is 1. The van der Waals surface area contributed by atoms with Crippen molar-refractivity contribution in [1.82, 2.24) is 0 Å². The van der Waals surface area contributed by atoms with Gasteiger partial charge in [0.15, 0.2) is 0 Å². The first-order chi connectivity index (χ1) is 8.65. The molecule has 0 saturated carbocycles. The van der Waals surface area contributed by atoms with Crippen molar-refractivity contribution in [2.75, 3.05) is 17.6 Å². The molecule has 94 valence electrons.